The molecule has 0 radical (unpaired) electrons. The van der Waals surface area contributed by atoms with E-state index in [1.165, 1.54) is 0 Å². The summed E-state index contributed by atoms with van der Waals surface area (Å²) in [4.78, 5) is 12.0. The zero-order valence-corrected chi connectivity index (χ0v) is 10.8. The molecule has 0 saturated heterocycles. The van der Waals surface area contributed by atoms with Crippen LogP contribution in [0.5, 0.6) is 0 Å². The lowest BCUT2D eigenvalue weighted by Crippen LogP contribution is -2.30. The molecule has 2 rings (SSSR count). The Labute approximate surface area is 98.2 Å². The molecular formula is C11H17BrN2O. The summed E-state index contributed by atoms with van der Waals surface area (Å²) in [5, 5.41) is 0.904. The van der Waals surface area contributed by atoms with Gasteiger partial charge in [-0.1, -0.05) is 29.8 Å². The summed E-state index contributed by atoms with van der Waals surface area (Å²) >= 11 is 3.48. The van der Waals surface area contributed by atoms with Crippen LogP contribution in [0.3, 0.4) is 0 Å². The highest BCUT2D eigenvalue weighted by Gasteiger charge is 2.26. The number of imidazole rings is 1. The molecule has 0 aliphatic heterocycles. The van der Waals surface area contributed by atoms with Gasteiger partial charge in [-0.2, -0.15) is 0 Å². The average Bonchev–Trinajstić information content (AvgIpc) is 2.95. The molecule has 4 heteroatoms. The van der Waals surface area contributed by atoms with Crippen molar-refractivity contribution in [1.29, 1.82) is 0 Å². The van der Waals surface area contributed by atoms with Crippen molar-refractivity contribution in [3.8, 4) is 0 Å². The van der Waals surface area contributed by atoms with E-state index >= 15 is 0 Å². The van der Waals surface area contributed by atoms with Crippen LogP contribution in [0.1, 0.15) is 32.7 Å². The third-order valence-electron chi connectivity index (χ3n) is 2.77. The lowest BCUT2D eigenvalue weighted by Gasteiger charge is -2.21. The second-order valence-corrected chi connectivity index (χ2v) is 5.71. The molecular weight excluding hydrogens is 256 g/mol. The number of aromatic nitrogens is 2. The molecule has 1 aliphatic rings. The van der Waals surface area contributed by atoms with E-state index in [1.54, 1.807) is 0 Å². The van der Waals surface area contributed by atoms with Crippen LogP contribution < -0.4 is 5.69 Å². The van der Waals surface area contributed by atoms with Gasteiger partial charge in [0.1, 0.15) is 0 Å². The zero-order chi connectivity index (χ0) is 11.1. The van der Waals surface area contributed by atoms with Crippen LogP contribution in [-0.2, 0) is 6.54 Å². The summed E-state index contributed by atoms with van der Waals surface area (Å²) < 4.78 is 3.68. The van der Waals surface area contributed by atoms with E-state index in [4.69, 9.17) is 0 Å². The number of alkyl halides is 1. The molecule has 1 heterocycles. The topological polar surface area (TPSA) is 26.9 Å². The van der Waals surface area contributed by atoms with Gasteiger partial charge in [-0.15, -0.1) is 0 Å². The highest BCUT2D eigenvalue weighted by molar-refractivity contribution is 9.09. The summed E-state index contributed by atoms with van der Waals surface area (Å²) in [5.41, 5.74) is 0.269. The Morgan fingerprint density at radius 2 is 2.13 bits per heavy atom. The summed E-state index contributed by atoms with van der Waals surface area (Å²) in [6.07, 6.45) is 6.15. The number of hydrogen-bond donors (Lipinski definition) is 0. The Balaban J connectivity index is 2.19. The summed E-state index contributed by atoms with van der Waals surface area (Å²) in [5.74, 6) is 0. The van der Waals surface area contributed by atoms with Crippen molar-refractivity contribution >= 4 is 15.9 Å². The Bertz CT molecular complexity index is 401. The molecule has 3 nitrogen and oxygen atoms in total. The number of halogens is 1. The van der Waals surface area contributed by atoms with Crippen LogP contribution in [-0.4, -0.2) is 14.5 Å². The number of nitrogens with zero attached hydrogens (tertiary/aromatic N) is 2. The van der Waals surface area contributed by atoms with Gasteiger partial charge in [-0.05, 0) is 18.3 Å². The van der Waals surface area contributed by atoms with Gasteiger partial charge in [-0.3, -0.25) is 9.13 Å². The molecule has 0 bridgehead atoms. The summed E-state index contributed by atoms with van der Waals surface area (Å²) in [6.45, 7) is 5.09. The van der Waals surface area contributed by atoms with Crippen LogP contribution in [0, 0.1) is 5.41 Å². The minimum absolute atomic E-state index is 0.125. The lowest BCUT2D eigenvalue weighted by molar-refractivity contribution is 0.347. The predicted molar refractivity (Wildman–Crippen MR) is 64.5 cm³/mol. The predicted octanol–water partition coefficient (Wildman–Crippen LogP) is 2.41. The third-order valence-corrected chi connectivity index (χ3v) is 4.29. The summed E-state index contributed by atoms with van der Waals surface area (Å²) in [6, 6.07) is 0.478. The van der Waals surface area contributed by atoms with Crippen molar-refractivity contribution in [1.82, 2.24) is 9.13 Å². The molecule has 0 aromatic carbocycles. The number of hydrogen-bond acceptors (Lipinski definition) is 1. The SMILES string of the molecule is CC(C)(CBr)Cn1ccn(C2CC2)c1=O. The first kappa shape index (κ1) is 11.0. The van der Waals surface area contributed by atoms with Gasteiger partial charge in [0.15, 0.2) is 0 Å². The molecule has 1 fully saturated rings. The van der Waals surface area contributed by atoms with E-state index < -0.39 is 0 Å². The fraction of sp³-hybridized carbons (Fsp3) is 0.727. The molecule has 0 spiro atoms. The molecule has 0 unspecified atom stereocenters. The first-order valence-corrected chi connectivity index (χ1v) is 6.49. The van der Waals surface area contributed by atoms with E-state index in [9.17, 15) is 4.79 Å². The van der Waals surface area contributed by atoms with Crippen molar-refractivity contribution < 1.29 is 0 Å². The van der Waals surface area contributed by atoms with Gasteiger partial charge in [0, 0.05) is 30.3 Å². The van der Waals surface area contributed by atoms with Gasteiger partial charge in [0.2, 0.25) is 0 Å². The fourth-order valence-electron chi connectivity index (χ4n) is 1.68. The molecule has 1 aromatic rings. The minimum atomic E-state index is 0.125. The van der Waals surface area contributed by atoms with Crippen LogP contribution >= 0.6 is 15.9 Å². The van der Waals surface area contributed by atoms with Gasteiger partial charge >= 0.3 is 5.69 Å². The Morgan fingerprint density at radius 3 is 2.67 bits per heavy atom. The maximum atomic E-state index is 12.0. The first-order valence-electron chi connectivity index (χ1n) is 5.37. The molecule has 84 valence electrons. The Morgan fingerprint density at radius 1 is 1.47 bits per heavy atom. The normalized spacial score (nSPS) is 17.0. The molecule has 0 amide bonds. The van der Waals surface area contributed by atoms with Gasteiger partial charge in [0.05, 0.1) is 0 Å². The van der Waals surface area contributed by atoms with Crippen LogP contribution in [0.25, 0.3) is 0 Å². The van der Waals surface area contributed by atoms with E-state index in [1.807, 2.05) is 21.5 Å². The highest BCUT2D eigenvalue weighted by atomic mass is 79.9. The molecule has 1 aromatic heterocycles. The minimum Gasteiger partial charge on any atom is -0.299 e. The fourth-order valence-corrected chi connectivity index (χ4v) is 1.86. The Hall–Kier alpha value is -0.510. The maximum absolute atomic E-state index is 12.0. The molecule has 1 saturated carbocycles. The second kappa shape index (κ2) is 3.81. The van der Waals surface area contributed by atoms with Crippen LogP contribution in [0.4, 0.5) is 0 Å². The van der Waals surface area contributed by atoms with Crippen molar-refractivity contribution in [2.75, 3.05) is 5.33 Å². The molecule has 1 aliphatic carbocycles. The number of rotatable bonds is 4. The van der Waals surface area contributed by atoms with Crippen molar-refractivity contribution in [2.45, 2.75) is 39.3 Å². The van der Waals surface area contributed by atoms with Crippen molar-refractivity contribution in [3.05, 3.63) is 22.9 Å². The van der Waals surface area contributed by atoms with Crippen molar-refractivity contribution in [3.63, 3.8) is 0 Å². The zero-order valence-electron chi connectivity index (χ0n) is 9.24. The maximum Gasteiger partial charge on any atom is 0.328 e. The second-order valence-electron chi connectivity index (χ2n) is 5.14. The van der Waals surface area contributed by atoms with E-state index in [2.05, 4.69) is 29.8 Å². The highest BCUT2D eigenvalue weighted by Crippen LogP contribution is 2.33. The van der Waals surface area contributed by atoms with Gasteiger partial charge in [-0.25, -0.2) is 4.79 Å². The van der Waals surface area contributed by atoms with Gasteiger partial charge < -0.3 is 0 Å². The molecule has 0 atom stereocenters. The van der Waals surface area contributed by atoms with E-state index in [0.29, 0.717) is 6.04 Å². The molecule has 0 N–H and O–H groups in total. The van der Waals surface area contributed by atoms with Crippen LogP contribution in [0.2, 0.25) is 0 Å². The quantitative estimate of drug-likeness (QED) is 0.774. The average molecular weight is 273 g/mol. The monoisotopic (exact) mass is 272 g/mol. The largest absolute Gasteiger partial charge is 0.328 e. The summed E-state index contributed by atoms with van der Waals surface area (Å²) in [7, 11) is 0. The van der Waals surface area contributed by atoms with E-state index in [0.717, 1.165) is 24.7 Å². The van der Waals surface area contributed by atoms with Crippen LogP contribution in [0.15, 0.2) is 17.2 Å². The smallest absolute Gasteiger partial charge is 0.299 e. The van der Waals surface area contributed by atoms with E-state index in [-0.39, 0.29) is 11.1 Å². The van der Waals surface area contributed by atoms with Crippen molar-refractivity contribution in [2.24, 2.45) is 5.41 Å². The lowest BCUT2D eigenvalue weighted by atomic mass is 9.97. The van der Waals surface area contributed by atoms with Gasteiger partial charge in [0.25, 0.3) is 0 Å². The standard InChI is InChI=1S/C11H17BrN2O/c1-11(2,7-12)8-13-5-6-14(10(13)15)9-3-4-9/h5-6,9H,3-4,7-8H2,1-2H3. The Kier molecular flexibility index (Phi) is 2.79. The first-order chi connectivity index (χ1) is 7.03. The third kappa shape index (κ3) is 2.36. The molecule has 15 heavy (non-hydrogen) atoms.